The summed E-state index contributed by atoms with van der Waals surface area (Å²) in [5, 5.41) is 2.67. The molecule has 1 heteroatoms. The van der Waals surface area contributed by atoms with E-state index in [0.717, 1.165) is 17.1 Å². The predicted octanol–water partition coefficient (Wildman–Crippen LogP) is 11.9. The van der Waals surface area contributed by atoms with Crippen LogP contribution in [0.1, 0.15) is 25.0 Å². The van der Waals surface area contributed by atoms with Crippen LogP contribution in [0.25, 0.3) is 44.2 Å². The fourth-order valence-electron chi connectivity index (χ4n) is 7.06. The number of para-hydroxylation sites is 2. The van der Waals surface area contributed by atoms with E-state index in [0.29, 0.717) is 0 Å². The molecule has 7 aromatic rings. The zero-order chi connectivity index (χ0) is 29.7. The van der Waals surface area contributed by atoms with Gasteiger partial charge in [-0.1, -0.05) is 135 Å². The summed E-state index contributed by atoms with van der Waals surface area (Å²) in [6.07, 6.45) is 0. The molecular formula is C43H33N. The van der Waals surface area contributed by atoms with Crippen LogP contribution < -0.4 is 4.90 Å². The normalized spacial score (nSPS) is 13.0. The SMILES string of the molecule is CC1(C)c2ccc(-c3ccc(N(c4ccccc4)c4ccccc4)cc3)cc2-c2c(-c3ccccc3)ccc3cccc1c23. The lowest BCUT2D eigenvalue weighted by atomic mass is 9.67. The molecule has 0 N–H and O–H groups in total. The monoisotopic (exact) mass is 563 g/mol. The molecule has 8 rings (SSSR count). The second-order valence-corrected chi connectivity index (χ2v) is 12.2. The Hall–Kier alpha value is -5.40. The topological polar surface area (TPSA) is 3.24 Å². The van der Waals surface area contributed by atoms with Crippen molar-refractivity contribution in [1.82, 2.24) is 0 Å². The van der Waals surface area contributed by atoms with Gasteiger partial charge in [-0.05, 0) is 97.7 Å². The molecule has 1 aliphatic carbocycles. The molecule has 0 aliphatic heterocycles. The fourth-order valence-corrected chi connectivity index (χ4v) is 7.06. The highest BCUT2D eigenvalue weighted by atomic mass is 15.1. The van der Waals surface area contributed by atoms with E-state index in [9.17, 15) is 0 Å². The van der Waals surface area contributed by atoms with Gasteiger partial charge in [0.25, 0.3) is 0 Å². The van der Waals surface area contributed by atoms with Crippen molar-refractivity contribution in [2.24, 2.45) is 0 Å². The van der Waals surface area contributed by atoms with Crippen molar-refractivity contribution in [2.45, 2.75) is 19.3 Å². The van der Waals surface area contributed by atoms with Gasteiger partial charge in [-0.2, -0.15) is 0 Å². The first-order valence-electron chi connectivity index (χ1n) is 15.4. The maximum absolute atomic E-state index is 2.43. The van der Waals surface area contributed by atoms with E-state index in [4.69, 9.17) is 0 Å². The number of anilines is 3. The minimum absolute atomic E-state index is 0.106. The Bertz CT molecular complexity index is 2070. The number of nitrogens with zero attached hydrogens (tertiary/aromatic N) is 1. The van der Waals surface area contributed by atoms with Crippen molar-refractivity contribution < 1.29 is 0 Å². The molecular weight excluding hydrogens is 530 g/mol. The third-order valence-corrected chi connectivity index (χ3v) is 9.25. The van der Waals surface area contributed by atoms with Gasteiger partial charge in [0.15, 0.2) is 0 Å². The molecule has 0 atom stereocenters. The van der Waals surface area contributed by atoms with Crippen molar-refractivity contribution in [2.75, 3.05) is 4.90 Å². The molecule has 0 aromatic heterocycles. The van der Waals surface area contributed by atoms with Gasteiger partial charge in [0.1, 0.15) is 0 Å². The van der Waals surface area contributed by atoms with Gasteiger partial charge in [-0.15, -0.1) is 0 Å². The summed E-state index contributed by atoms with van der Waals surface area (Å²) in [7, 11) is 0. The minimum Gasteiger partial charge on any atom is -0.311 e. The second-order valence-electron chi connectivity index (χ2n) is 12.2. The van der Waals surface area contributed by atoms with E-state index >= 15 is 0 Å². The standard InChI is InChI=1S/C43H33N/c1-43(2)39-28-24-33(30-21-25-36(26-22-30)44(34-16-8-4-9-17-34)35-18-10-5-11-19-35)29-38(39)42-37(31-13-6-3-7-14-31)27-23-32-15-12-20-40(43)41(32)42/h3-29H,1-2H3. The van der Waals surface area contributed by atoms with Crippen LogP contribution in [0.3, 0.4) is 0 Å². The number of rotatable bonds is 5. The maximum Gasteiger partial charge on any atom is 0.0462 e. The van der Waals surface area contributed by atoms with Gasteiger partial charge < -0.3 is 4.90 Å². The summed E-state index contributed by atoms with van der Waals surface area (Å²) in [5.41, 5.74) is 13.7. The first-order valence-corrected chi connectivity index (χ1v) is 15.4. The highest BCUT2D eigenvalue weighted by Gasteiger charge is 2.34. The molecule has 44 heavy (non-hydrogen) atoms. The lowest BCUT2D eigenvalue weighted by Gasteiger charge is -2.36. The average molecular weight is 564 g/mol. The summed E-state index contributed by atoms with van der Waals surface area (Å²) < 4.78 is 0. The Morgan fingerprint density at radius 3 is 1.66 bits per heavy atom. The summed E-state index contributed by atoms with van der Waals surface area (Å²) >= 11 is 0. The van der Waals surface area contributed by atoms with Gasteiger partial charge in [-0.3, -0.25) is 0 Å². The predicted molar refractivity (Wildman–Crippen MR) is 187 cm³/mol. The van der Waals surface area contributed by atoms with Crippen molar-refractivity contribution in [3.8, 4) is 33.4 Å². The molecule has 0 unspecified atom stereocenters. The Morgan fingerprint density at radius 1 is 0.409 bits per heavy atom. The zero-order valence-electron chi connectivity index (χ0n) is 25.0. The summed E-state index contributed by atoms with van der Waals surface area (Å²) in [4.78, 5) is 2.31. The number of hydrogen-bond donors (Lipinski definition) is 0. The van der Waals surface area contributed by atoms with Crippen LogP contribution >= 0.6 is 0 Å². The van der Waals surface area contributed by atoms with Gasteiger partial charge in [-0.25, -0.2) is 0 Å². The van der Waals surface area contributed by atoms with E-state index in [1.807, 2.05) is 0 Å². The lowest BCUT2D eigenvalue weighted by Crippen LogP contribution is -2.24. The van der Waals surface area contributed by atoms with E-state index in [1.54, 1.807) is 0 Å². The highest BCUT2D eigenvalue weighted by Crippen LogP contribution is 2.52. The Morgan fingerprint density at radius 2 is 1.00 bits per heavy atom. The van der Waals surface area contributed by atoms with Crippen LogP contribution in [0.5, 0.6) is 0 Å². The zero-order valence-corrected chi connectivity index (χ0v) is 25.0. The number of hydrogen-bond acceptors (Lipinski definition) is 1. The molecule has 0 saturated carbocycles. The van der Waals surface area contributed by atoms with E-state index < -0.39 is 0 Å². The Kier molecular flexibility index (Phi) is 6.20. The first kappa shape index (κ1) is 26.2. The molecule has 1 aliphatic rings. The Balaban J connectivity index is 1.28. The molecule has 0 saturated heterocycles. The van der Waals surface area contributed by atoms with Crippen molar-refractivity contribution in [1.29, 1.82) is 0 Å². The molecule has 0 bridgehead atoms. The van der Waals surface area contributed by atoms with Crippen LogP contribution in [0.15, 0.2) is 164 Å². The number of benzene rings is 7. The summed E-state index contributed by atoms with van der Waals surface area (Å²) in [6.45, 7) is 4.74. The van der Waals surface area contributed by atoms with Crippen molar-refractivity contribution in [3.05, 3.63) is 175 Å². The quantitative estimate of drug-likeness (QED) is 0.201. The van der Waals surface area contributed by atoms with Crippen LogP contribution in [-0.2, 0) is 5.41 Å². The first-order chi connectivity index (χ1) is 21.6. The van der Waals surface area contributed by atoms with E-state index in [-0.39, 0.29) is 5.41 Å². The largest absolute Gasteiger partial charge is 0.311 e. The lowest BCUT2D eigenvalue weighted by molar-refractivity contribution is 0.645. The van der Waals surface area contributed by atoms with Gasteiger partial charge in [0, 0.05) is 22.5 Å². The van der Waals surface area contributed by atoms with Crippen LogP contribution in [0, 0.1) is 0 Å². The van der Waals surface area contributed by atoms with Gasteiger partial charge in [0.2, 0.25) is 0 Å². The highest BCUT2D eigenvalue weighted by molar-refractivity contribution is 6.09. The molecule has 7 aromatic carbocycles. The summed E-state index contributed by atoms with van der Waals surface area (Å²) in [5.74, 6) is 0. The molecule has 0 fully saturated rings. The van der Waals surface area contributed by atoms with Crippen LogP contribution in [0.4, 0.5) is 17.1 Å². The number of fused-ring (bicyclic) bond motifs is 2. The average Bonchev–Trinajstić information content (AvgIpc) is 3.08. The van der Waals surface area contributed by atoms with Crippen molar-refractivity contribution >= 4 is 27.8 Å². The molecule has 0 heterocycles. The fraction of sp³-hybridized carbons (Fsp3) is 0.0698. The molecule has 210 valence electrons. The van der Waals surface area contributed by atoms with Crippen LogP contribution in [0.2, 0.25) is 0 Å². The third kappa shape index (κ3) is 4.24. The minimum atomic E-state index is -0.106. The van der Waals surface area contributed by atoms with E-state index in [2.05, 4.69) is 183 Å². The van der Waals surface area contributed by atoms with Gasteiger partial charge >= 0.3 is 0 Å². The maximum atomic E-state index is 2.43. The van der Waals surface area contributed by atoms with Crippen LogP contribution in [-0.4, -0.2) is 0 Å². The molecule has 1 nitrogen and oxygen atoms in total. The molecule has 0 spiro atoms. The Labute approximate surface area is 259 Å². The third-order valence-electron chi connectivity index (χ3n) is 9.25. The smallest absolute Gasteiger partial charge is 0.0462 e. The van der Waals surface area contributed by atoms with E-state index in [1.165, 1.54) is 55.3 Å². The second kappa shape index (κ2) is 10.4. The molecule has 0 radical (unpaired) electrons. The summed E-state index contributed by atoms with van der Waals surface area (Å²) in [6, 6.07) is 59.5. The molecule has 0 amide bonds. The van der Waals surface area contributed by atoms with Gasteiger partial charge in [0.05, 0.1) is 0 Å². The van der Waals surface area contributed by atoms with Crippen molar-refractivity contribution in [3.63, 3.8) is 0 Å².